The number of hydrogen-bond acceptors (Lipinski definition) is 4. The molecule has 27 heavy (non-hydrogen) atoms. The molecule has 0 aliphatic carbocycles. The van der Waals surface area contributed by atoms with E-state index in [2.05, 4.69) is 22.9 Å². The average molecular weight is 435 g/mol. The molecule has 2 heterocycles. The Balaban J connectivity index is 1.54. The van der Waals surface area contributed by atoms with E-state index in [9.17, 15) is 9.59 Å². The second-order valence-corrected chi connectivity index (χ2v) is 7.16. The van der Waals surface area contributed by atoms with Gasteiger partial charge in [-0.25, -0.2) is 0 Å². The molecule has 3 rings (SSSR count). The van der Waals surface area contributed by atoms with E-state index in [-0.39, 0.29) is 18.4 Å². The molecule has 0 atom stereocenters. The van der Waals surface area contributed by atoms with E-state index in [1.807, 2.05) is 24.3 Å². The molecule has 0 radical (unpaired) electrons. The molecule has 2 amide bonds. The van der Waals surface area contributed by atoms with Gasteiger partial charge in [-0.2, -0.15) is 0 Å². The van der Waals surface area contributed by atoms with Gasteiger partial charge in [0, 0.05) is 26.2 Å². The molecule has 1 fully saturated rings. The SMILES string of the molecule is CCc1ccccc1OCC(=O)N1CCCN(C(=O)c2ccc(Br)o2)CC1. The fraction of sp³-hybridized carbons (Fsp3) is 0.400. The lowest BCUT2D eigenvalue weighted by Gasteiger charge is -2.22. The first-order valence-electron chi connectivity index (χ1n) is 9.11. The molecule has 0 spiro atoms. The Morgan fingerprint density at radius 2 is 1.81 bits per heavy atom. The Kier molecular flexibility index (Phi) is 6.55. The third kappa shape index (κ3) is 4.91. The van der Waals surface area contributed by atoms with Crippen LogP contribution in [0.1, 0.15) is 29.5 Å². The number of amides is 2. The van der Waals surface area contributed by atoms with Gasteiger partial charge in [0.25, 0.3) is 11.8 Å². The number of hydrogen-bond donors (Lipinski definition) is 0. The van der Waals surface area contributed by atoms with Gasteiger partial charge in [0.05, 0.1) is 0 Å². The molecule has 0 saturated carbocycles. The van der Waals surface area contributed by atoms with Crippen LogP contribution < -0.4 is 4.74 Å². The van der Waals surface area contributed by atoms with Crippen molar-refractivity contribution in [3.8, 4) is 5.75 Å². The summed E-state index contributed by atoms with van der Waals surface area (Å²) in [5, 5.41) is 0. The Hall–Kier alpha value is -2.28. The van der Waals surface area contributed by atoms with Crippen molar-refractivity contribution in [2.45, 2.75) is 19.8 Å². The maximum atomic E-state index is 12.5. The highest BCUT2D eigenvalue weighted by molar-refractivity contribution is 9.10. The van der Waals surface area contributed by atoms with Crippen molar-refractivity contribution >= 4 is 27.7 Å². The van der Waals surface area contributed by atoms with Crippen LogP contribution in [0.5, 0.6) is 5.75 Å². The van der Waals surface area contributed by atoms with E-state index in [4.69, 9.17) is 9.15 Å². The number of carbonyl (C=O) groups is 2. The van der Waals surface area contributed by atoms with Crippen LogP contribution in [0, 0.1) is 0 Å². The number of rotatable bonds is 5. The van der Waals surface area contributed by atoms with Gasteiger partial charge in [-0.05, 0) is 52.5 Å². The summed E-state index contributed by atoms with van der Waals surface area (Å²) in [6.45, 7) is 4.25. The van der Waals surface area contributed by atoms with Crippen LogP contribution in [0.4, 0.5) is 0 Å². The smallest absolute Gasteiger partial charge is 0.289 e. The fourth-order valence-electron chi connectivity index (χ4n) is 3.12. The second kappa shape index (κ2) is 9.08. The number of ether oxygens (including phenoxy) is 1. The predicted molar refractivity (Wildman–Crippen MR) is 105 cm³/mol. The van der Waals surface area contributed by atoms with Crippen molar-refractivity contribution in [1.82, 2.24) is 9.80 Å². The zero-order valence-corrected chi connectivity index (χ0v) is 16.9. The minimum absolute atomic E-state index is 0.0100. The number of nitrogens with zero attached hydrogens (tertiary/aromatic N) is 2. The monoisotopic (exact) mass is 434 g/mol. The van der Waals surface area contributed by atoms with Crippen molar-refractivity contribution in [2.75, 3.05) is 32.8 Å². The first-order valence-corrected chi connectivity index (χ1v) is 9.91. The van der Waals surface area contributed by atoms with E-state index in [0.717, 1.165) is 24.2 Å². The van der Waals surface area contributed by atoms with E-state index >= 15 is 0 Å². The highest BCUT2D eigenvalue weighted by Crippen LogP contribution is 2.19. The summed E-state index contributed by atoms with van der Waals surface area (Å²) in [6, 6.07) is 11.1. The molecule has 1 saturated heterocycles. The summed E-state index contributed by atoms with van der Waals surface area (Å²) in [7, 11) is 0. The number of halogens is 1. The quantitative estimate of drug-likeness (QED) is 0.723. The largest absolute Gasteiger partial charge is 0.483 e. The molecule has 0 N–H and O–H groups in total. The number of para-hydroxylation sites is 1. The third-order valence-corrected chi connectivity index (χ3v) is 5.05. The zero-order valence-electron chi connectivity index (χ0n) is 15.3. The van der Waals surface area contributed by atoms with Gasteiger partial charge >= 0.3 is 0 Å². The second-order valence-electron chi connectivity index (χ2n) is 6.38. The van der Waals surface area contributed by atoms with E-state index < -0.39 is 0 Å². The van der Waals surface area contributed by atoms with Gasteiger partial charge in [-0.15, -0.1) is 0 Å². The third-order valence-electron chi connectivity index (χ3n) is 4.62. The summed E-state index contributed by atoms with van der Waals surface area (Å²) in [5.41, 5.74) is 1.09. The Labute approximate surface area is 167 Å². The first-order chi connectivity index (χ1) is 13.1. The summed E-state index contributed by atoms with van der Waals surface area (Å²) in [4.78, 5) is 28.5. The highest BCUT2D eigenvalue weighted by atomic mass is 79.9. The summed E-state index contributed by atoms with van der Waals surface area (Å²) >= 11 is 3.21. The van der Waals surface area contributed by atoms with Crippen molar-refractivity contribution in [3.05, 3.63) is 52.4 Å². The molecule has 0 unspecified atom stereocenters. The maximum Gasteiger partial charge on any atom is 0.289 e. The molecule has 1 aliphatic heterocycles. The molecule has 6 nitrogen and oxygen atoms in total. The first kappa shape index (κ1) is 19.5. The topological polar surface area (TPSA) is 63.0 Å². The molecule has 1 aliphatic rings. The molecular weight excluding hydrogens is 412 g/mol. The van der Waals surface area contributed by atoms with Crippen molar-refractivity contribution in [3.63, 3.8) is 0 Å². The minimum atomic E-state index is -0.150. The van der Waals surface area contributed by atoms with Crippen LogP contribution in [0.2, 0.25) is 0 Å². The maximum absolute atomic E-state index is 12.5. The molecular formula is C20H23BrN2O4. The average Bonchev–Trinajstić information content (AvgIpc) is 2.97. The van der Waals surface area contributed by atoms with Crippen LogP contribution in [0.15, 0.2) is 45.5 Å². The summed E-state index contributed by atoms with van der Waals surface area (Å²) in [6.07, 6.45) is 1.58. The zero-order chi connectivity index (χ0) is 19.2. The molecule has 144 valence electrons. The van der Waals surface area contributed by atoms with Gasteiger partial charge in [-0.1, -0.05) is 25.1 Å². The normalized spacial score (nSPS) is 14.7. The van der Waals surface area contributed by atoms with Gasteiger partial charge in [-0.3, -0.25) is 9.59 Å². The molecule has 0 bridgehead atoms. The number of furan rings is 1. The standard InChI is InChI=1S/C20H23BrN2O4/c1-2-15-6-3-4-7-16(15)26-14-19(24)22-10-5-11-23(13-12-22)20(25)17-8-9-18(21)27-17/h3-4,6-9H,2,5,10-14H2,1H3. The van der Waals surface area contributed by atoms with E-state index in [0.29, 0.717) is 36.6 Å². The van der Waals surface area contributed by atoms with Crippen LogP contribution in [-0.4, -0.2) is 54.4 Å². The Morgan fingerprint density at radius 3 is 2.56 bits per heavy atom. The summed E-state index contributed by atoms with van der Waals surface area (Å²) in [5.74, 6) is 0.851. The van der Waals surface area contributed by atoms with E-state index in [1.54, 1.807) is 21.9 Å². The van der Waals surface area contributed by atoms with E-state index in [1.165, 1.54) is 0 Å². The van der Waals surface area contributed by atoms with Gasteiger partial charge in [0.1, 0.15) is 5.75 Å². The lowest BCUT2D eigenvalue weighted by molar-refractivity contribution is -0.133. The van der Waals surface area contributed by atoms with Crippen LogP contribution >= 0.6 is 15.9 Å². The number of carbonyl (C=O) groups excluding carboxylic acids is 2. The number of benzene rings is 1. The Bertz CT molecular complexity index is 805. The van der Waals surface area contributed by atoms with Crippen LogP contribution in [0.25, 0.3) is 0 Å². The highest BCUT2D eigenvalue weighted by Gasteiger charge is 2.24. The van der Waals surface area contributed by atoms with Crippen molar-refractivity contribution in [2.24, 2.45) is 0 Å². The fourth-order valence-corrected chi connectivity index (χ4v) is 3.43. The van der Waals surface area contributed by atoms with Gasteiger partial charge < -0.3 is 19.0 Å². The lowest BCUT2D eigenvalue weighted by Crippen LogP contribution is -2.39. The predicted octanol–water partition coefficient (Wildman–Crippen LogP) is 3.36. The van der Waals surface area contributed by atoms with Crippen LogP contribution in [-0.2, 0) is 11.2 Å². The summed E-state index contributed by atoms with van der Waals surface area (Å²) < 4.78 is 11.6. The molecule has 1 aromatic heterocycles. The lowest BCUT2D eigenvalue weighted by atomic mass is 10.1. The van der Waals surface area contributed by atoms with Crippen molar-refractivity contribution in [1.29, 1.82) is 0 Å². The van der Waals surface area contributed by atoms with Crippen LogP contribution in [0.3, 0.4) is 0 Å². The Morgan fingerprint density at radius 1 is 1.07 bits per heavy atom. The minimum Gasteiger partial charge on any atom is -0.483 e. The molecule has 7 heteroatoms. The molecule has 2 aromatic rings. The van der Waals surface area contributed by atoms with Crippen molar-refractivity contribution < 1.29 is 18.7 Å². The van der Waals surface area contributed by atoms with Gasteiger partial charge in [0.2, 0.25) is 0 Å². The van der Waals surface area contributed by atoms with Gasteiger partial charge in [0.15, 0.2) is 17.0 Å². The molecule has 1 aromatic carbocycles. The number of aryl methyl sites for hydroxylation is 1.